The van der Waals surface area contributed by atoms with Crippen LogP contribution in [0, 0.1) is 0 Å². The highest BCUT2D eigenvalue weighted by Gasteiger charge is 2.25. The molecule has 2 heterocycles. The van der Waals surface area contributed by atoms with Crippen LogP contribution < -0.4 is 0 Å². The van der Waals surface area contributed by atoms with E-state index in [1.54, 1.807) is 18.3 Å². The monoisotopic (exact) mass is 478 g/mol. The van der Waals surface area contributed by atoms with Gasteiger partial charge in [-0.2, -0.15) is 5.10 Å². The summed E-state index contributed by atoms with van der Waals surface area (Å²) in [5.74, 6) is 0. The third-order valence-electron chi connectivity index (χ3n) is 5.29. The largest absolute Gasteiger partial charge is 0.326 e. The maximum absolute atomic E-state index is 6.57. The standard InChI is InChI=1S/C25H17Cl3N4/c26-19-8-6-18(7-9-19)25-21(15-30-32(25)23-11-10-20(27)14-22(23)28)24(31-13-12-29-16-31)17-4-2-1-3-5-17/h1-16,24H. The van der Waals surface area contributed by atoms with Crippen LogP contribution in [0.1, 0.15) is 17.2 Å². The van der Waals surface area contributed by atoms with Crippen molar-refractivity contribution in [3.8, 4) is 16.9 Å². The van der Waals surface area contributed by atoms with Gasteiger partial charge < -0.3 is 4.57 Å². The van der Waals surface area contributed by atoms with E-state index in [0.717, 1.165) is 28.1 Å². The molecule has 3 aromatic carbocycles. The Kier molecular flexibility index (Phi) is 5.75. The van der Waals surface area contributed by atoms with Gasteiger partial charge in [0, 0.05) is 33.6 Å². The number of hydrogen-bond donors (Lipinski definition) is 0. The fraction of sp³-hybridized carbons (Fsp3) is 0.0400. The van der Waals surface area contributed by atoms with Crippen molar-refractivity contribution in [2.24, 2.45) is 0 Å². The van der Waals surface area contributed by atoms with Crippen LogP contribution in [-0.4, -0.2) is 19.3 Å². The van der Waals surface area contributed by atoms with E-state index in [2.05, 4.69) is 21.7 Å². The fourth-order valence-electron chi connectivity index (χ4n) is 3.86. The lowest BCUT2D eigenvalue weighted by Crippen LogP contribution is -2.12. The second-order valence-corrected chi connectivity index (χ2v) is 8.57. The molecule has 0 amide bonds. The molecule has 0 radical (unpaired) electrons. The van der Waals surface area contributed by atoms with Crippen LogP contribution in [0.4, 0.5) is 0 Å². The Labute approximate surface area is 200 Å². The van der Waals surface area contributed by atoms with Crippen LogP contribution in [0.2, 0.25) is 15.1 Å². The molecule has 0 saturated heterocycles. The van der Waals surface area contributed by atoms with Crippen molar-refractivity contribution in [2.45, 2.75) is 6.04 Å². The maximum atomic E-state index is 6.57. The summed E-state index contributed by atoms with van der Waals surface area (Å²) in [4.78, 5) is 4.28. The van der Waals surface area contributed by atoms with Crippen molar-refractivity contribution >= 4 is 34.8 Å². The summed E-state index contributed by atoms with van der Waals surface area (Å²) < 4.78 is 3.92. The Hall–Kier alpha value is -3.05. The van der Waals surface area contributed by atoms with Crippen molar-refractivity contribution in [3.05, 3.63) is 124 Å². The molecular weight excluding hydrogens is 463 g/mol. The van der Waals surface area contributed by atoms with Gasteiger partial charge in [0.05, 0.1) is 35.0 Å². The maximum Gasteiger partial charge on any atom is 0.0954 e. The Morgan fingerprint density at radius 1 is 0.812 bits per heavy atom. The van der Waals surface area contributed by atoms with E-state index in [4.69, 9.17) is 39.9 Å². The summed E-state index contributed by atoms with van der Waals surface area (Å²) in [5, 5.41) is 6.51. The lowest BCUT2D eigenvalue weighted by Gasteiger charge is -2.21. The number of aromatic nitrogens is 4. The second-order valence-electron chi connectivity index (χ2n) is 7.29. The lowest BCUT2D eigenvalue weighted by molar-refractivity contribution is 0.678. The summed E-state index contributed by atoms with van der Waals surface area (Å²) in [7, 11) is 0. The van der Waals surface area contributed by atoms with Crippen molar-refractivity contribution < 1.29 is 0 Å². The highest BCUT2D eigenvalue weighted by atomic mass is 35.5. The van der Waals surface area contributed by atoms with Crippen LogP contribution >= 0.6 is 34.8 Å². The first kappa shape index (κ1) is 20.8. The minimum absolute atomic E-state index is 0.135. The van der Waals surface area contributed by atoms with Crippen molar-refractivity contribution in [1.29, 1.82) is 0 Å². The molecule has 32 heavy (non-hydrogen) atoms. The van der Waals surface area contributed by atoms with Crippen LogP contribution in [0.15, 0.2) is 97.7 Å². The molecule has 0 aliphatic carbocycles. The molecule has 4 nitrogen and oxygen atoms in total. The second kappa shape index (κ2) is 8.83. The Morgan fingerprint density at radius 3 is 2.25 bits per heavy atom. The van der Waals surface area contributed by atoms with E-state index in [1.807, 2.05) is 71.9 Å². The van der Waals surface area contributed by atoms with Crippen molar-refractivity contribution in [1.82, 2.24) is 19.3 Å². The highest BCUT2D eigenvalue weighted by molar-refractivity contribution is 6.35. The van der Waals surface area contributed by atoms with Crippen LogP contribution in [-0.2, 0) is 0 Å². The molecule has 0 fully saturated rings. The van der Waals surface area contributed by atoms with Crippen LogP contribution in [0.3, 0.4) is 0 Å². The average Bonchev–Trinajstić information content (AvgIpc) is 3.47. The average molecular weight is 480 g/mol. The Balaban J connectivity index is 1.78. The first-order valence-electron chi connectivity index (χ1n) is 9.93. The normalized spacial score (nSPS) is 12.1. The smallest absolute Gasteiger partial charge is 0.0954 e. The molecule has 7 heteroatoms. The fourth-order valence-corrected chi connectivity index (χ4v) is 4.48. The summed E-state index contributed by atoms with van der Waals surface area (Å²) in [6.45, 7) is 0. The van der Waals surface area contributed by atoms with Gasteiger partial charge in [-0.25, -0.2) is 9.67 Å². The molecule has 5 rings (SSSR count). The van der Waals surface area contributed by atoms with E-state index in [9.17, 15) is 0 Å². The molecular formula is C25H17Cl3N4. The number of hydrogen-bond acceptors (Lipinski definition) is 2. The van der Waals surface area contributed by atoms with E-state index in [-0.39, 0.29) is 6.04 Å². The van der Waals surface area contributed by atoms with Crippen LogP contribution in [0.5, 0.6) is 0 Å². The minimum Gasteiger partial charge on any atom is -0.326 e. The first-order valence-corrected chi connectivity index (χ1v) is 11.1. The van der Waals surface area contributed by atoms with E-state index >= 15 is 0 Å². The molecule has 2 aromatic heterocycles. The summed E-state index contributed by atoms with van der Waals surface area (Å²) in [5.41, 5.74) is 4.73. The SMILES string of the molecule is Clc1ccc(-c2c(C(c3ccccc3)n3ccnc3)cnn2-c2ccc(Cl)cc2Cl)cc1. The van der Waals surface area contributed by atoms with Gasteiger partial charge in [0.25, 0.3) is 0 Å². The first-order chi connectivity index (χ1) is 15.6. The van der Waals surface area contributed by atoms with E-state index in [0.29, 0.717) is 15.1 Å². The zero-order valence-corrected chi connectivity index (χ0v) is 19.0. The Bertz CT molecular complexity index is 1340. The number of benzene rings is 3. The number of nitrogens with zero attached hydrogens (tertiary/aromatic N) is 4. The van der Waals surface area contributed by atoms with Gasteiger partial charge in [0.1, 0.15) is 0 Å². The van der Waals surface area contributed by atoms with E-state index in [1.165, 1.54) is 0 Å². The van der Waals surface area contributed by atoms with Gasteiger partial charge in [-0.1, -0.05) is 77.3 Å². The zero-order chi connectivity index (χ0) is 22.1. The molecule has 0 spiro atoms. The van der Waals surface area contributed by atoms with Gasteiger partial charge in [0.15, 0.2) is 0 Å². The third-order valence-corrected chi connectivity index (χ3v) is 6.08. The lowest BCUT2D eigenvalue weighted by atomic mass is 9.96. The Morgan fingerprint density at radius 2 is 1.56 bits per heavy atom. The molecule has 158 valence electrons. The third kappa shape index (κ3) is 3.93. The van der Waals surface area contributed by atoms with Crippen LogP contribution in [0.25, 0.3) is 16.9 Å². The molecule has 0 aliphatic rings. The minimum atomic E-state index is -0.135. The molecule has 0 aliphatic heterocycles. The summed E-state index contributed by atoms with van der Waals surface area (Å²) in [6.07, 6.45) is 7.43. The molecule has 1 atom stereocenters. The summed E-state index contributed by atoms with van der Waals surface area (Å²) >= 11 is 18.9. The topological polar surface area (TPSA) is 35.6 Å². The molecule has 5 aromatic rings. The highest BCUT2D eigenvalue weighted by Crippen LogP contribution is 2.37. The predicted molar refractivity (Wildman–Crippen MR) is 130 cm³/mol. The van der Waals surface area contributed by atoms with E-state index < -0.39 is 0 Å². The number of halogens is 3. The molecule has 1 unspecified atom stereocenters. The summed E-state index contributed by atoms with van der Waals surface area (Å²) in [6, 6.07) is 23.2. The van der Waals surface area contributed by atoms with Gasteiger partial charge >= 0.3 is 0 Å². The molecule has 0 bridgehead atoms. The molecule has 0 N–H and O–H groups in total. The molecule has 0 saturated carbocycles. The van der Waals surface area contributed by atoms with Gasteiger partial charge in [0.2, 0.25) is 0 Å². The van der Waals surface area contributed by atoms with Crippen molar-refractivity contribution in [3.63, 3.8) is 0 Å². The van der Waals surface area contributed by atoms with Gasteiger partial charge in [-0.3, -0.25) is 0 Å². The van der Waals surface area contributed by atoms with Gasteiger partial charge in [-0.15, -0.1) is 0 Å². The van der Waals surface area contributed by atoms with Gasteiger partial charge in [-0.05, 0) is 35.9 Å². The predicted octanol–water partition coefficient (Wildman–Crippen LogP) is 7.33. The van der Waals surface area contributed by atoms with Crippen molar-refractivity contribution in [2.75, 3.05) is 0 Å². The zero-order valence-electron chi connectivity index (χ0n) is 16.7. The number of imidazole rings is 1. The number of rotatable bonds is 5. The quantitative estimate of drug-likeness (QED) is 0.264.